The first kappa shape index (κ1) is 21.6. The Labute approximate surface area is 176 Å². The Kier molecular flexibility index (Phi) is 6.55. The molecule has 2 amide bonds. The Bertz CT molecular complexity index is 889. The van der Waals surface area contributed by atoms with Gasteiger partial charge in [0.25, 0.3) is 0 Å². The second kappa shape index (κ2) is 9.11. The van der Waals surface area contributed by atoms with E-state index >= 15 is 0 Å². The topological polar surface area (TPSA) is 72.9 Å². The molecule has 0 saturated carbocycles. The molecule has 0 aliphatic carbocycles. The smallest absolute Gasteiger partial charge is 0.417 e. The second-order valence-corrected chi connectivity index (χ2v) is 8.38. The van der Waals surface area contributed by atoms with Crippen LogP contribution >= 0.6 is 0 Å². The molecule has 2 aromatic carbocycles. The van der Waals surface area contributed by atoms with Crippen LogP contribution in [0, 0.1) is 0 Å². The van der Waals surface area contributed by atoms with Gasteiger partial charge in [0.2, 0.25) is 5.91 Å². The number of hydrogen-bond acceptors (Lipinski definition) is 5. The molecule has 6 nitrogen and oxygen atoms in total. The van der Waals surface area contributed by atoms with Crippen LogP contribution in [-0.4, -0.2) is 41.1 Å². The van der Waals surface area contributed by atoms with Crippen LogP contribution in [0.25, 0.3) is 0 Å². The van der Waals surface area contributed by atoms with Crippen molar-refractivity contribution in [2.45, 2.75) is 51.2 Å². The van der Waals surface area contributed by atoms with Gasteiger partial charge >= 0.3 is 12.1 Å². The van der Waals surface area contributed by atoms with Crippen molar-refractivity contribution < 1.29 is 23.9 Å². The van der Waals surface area contributed by atoms with Gasteiger partial charge in [-0.15, -0.1) is 0 Å². The summed E-state index contributed by atoms with van der Waals surface area (Å²) in [6, 6.07) is 18.2. The van der Waals surface area contributed by atoms with Crippen molar-refractivity contribution in [2.24, 2.45) is 0 Å². The fourth-order valence-corrected chi connectivity index (χ4v) is 3.52. The van der Waals surface area contributed by atoms with Gasteiger partial charge in [0.1, 0.15) is 12.2 Å². The zero-order valence-corrected chi connectivity index (χ0v) is 17.5. The molecule has 0 N–H and O–H groups in total. The SMILES string of the molecule is CC(C)(C)OC(=O)CC(C(=O)N1C(=O)OC[C@@H]1Cc1ccccc1)c1ccccc1. The molecule has 1 aliphatic heterocycles. The van der Waals surface area contributed by atoms with Crippen molar-refractivity contribution in [3.05, 3.63) is 71.8 Å². The molecule has 0 aromatic heterocycles. The first-order valence-electron chi connectivity index (χ1n) is 10.0. The third-order valence-corrected chi connectivity index (χ3v) is 4.80. The highest BCUT2D eigenvalue weighted by Crippen LogP contribution is 2.28. The van der Waals surface area contributed by atoms with Gasteiger partial charge in [0.05, 0.1) is 18.4 Å². The van der Waals surface area contributed by atoms with Crippen molar-refractivity contribution >= 4 is 18.0 Å². The van der Waals surface area contributed by atoms with Gasteiger partial charge < -0.3 is 9.47 Å². The van der Waals surface area contributed by atoms with E-state index in [9.17, 15) is 14.4 Å². The standard InChI is InChI=1S/C24H27NO5/c1-24(2,3)30-21(26)15-20(18-12-8-5-9-13-18)22(27)25-19(16-29-23(25)28)14-17-10-6-4-7-11-17/h4-13,19-20H,14-16H2,1-3H3/t19-,20?/m0/s1. The van der Waals surface area contributed by atoms with E-state index in [4.69, 9.17) is 9.47 Å². The van der Waals surface area contributed by atoms with Crippen LogP contribution in [0.3, 0.4) is 0 Å². The lowest BCUT2D eigenvalue weighted by Crippen LogP contribution is -2.43. The average molecular weight is 409 g/mol. The van der Waals surface area contributed by atoms with Crippen LogP contribution in [0.2, 0.25) is 0 Å². The number of amides is 2. The Morgan fingerprint density at radius 2 is 1.67 bits per heavy atom. The van der Waals surface area contributed by atoms with Crippen molar-refractivity contribution in [3.8, 4) is 0 Å². The summed E-state index contributed by atoms with van der Waals surface area (Å²) >= 11 is 0. The molecule has 1 aliphatic rings. The minimum absolute atomic E-state index is 0.132. The van der Waals surface area contributed by atoms with Gasteiger partial charge in [-0.3, -0.25) is 9.59 Å². The van der Waals surface area contributed by atoms with E-state index in [2.05, 4.69) is 0 Å². The second-order valence-electron chi connectivity index (χ2n) is 8.38. The normalized spacial score (nSPS) is 17.4. The molecule has 3 rings (SSSR count). The molecule has 1 fully saturated rings. The highest BCUT2D eigenvalue weighted by molar-refractivity contribution is 5.98. The maximum absolute atomic E-state index is 13.5. The van der Waals surface area contributed by atoms with Crippen LogP contribution in [0.15, 0.2) is 60.7 Å². The molecule has 1 saturated heterocycles. The maximum Gasteiger partial charge on any atom is 0.417 e. The number of cyclic esters (lactones) is 1. The molecule has 2 atom stereocenters. The number of carbonyl (C=O) groups excluding carboxylic acids is 3. The summed E-state index contributed by atoms with van der Waals surface area (Å²) in [5.41, 5.74) is 0.998. The number of hydrogen-bond donors (Lipinski definition) is 0. The Balaban J connectivity index is 1.85. The zero-order valence-electron chi connectivity index (χ0n) is 17.5. The first-order chi connectivity index (χ1) is 14.2. The minimum Gasteiger partial charge on any atom is -0.460 e. The molecule has 0 spiro atoms. The van der Waals surface area contributed by atoms with E-state index in [0.717, 1.165) is 10.5 Å². The van der Waals surface area contributed by atoms with E-state index in [-0.39, 0.29) is 13.0 Å². The van der Waals surface area contributed by atoms with Gasteiger partial charge in [-0.1, -0.05) is 60.7 Å². The summed E-state index contributed by atoms with van der Waals surface area (Å²) in [5, 5.41) is 0. The van der Waals surface area contributed by atoms with E-state index in [1.165, 1.54) is 0 Å². The summed E-state index contributed by atoms with van der Waals surface area (Å²) < 4.78 is 10.6. The lowest BCUT2D eigenvalue weighted by Gasteiger charge is -2.26. The predicted molar refractivity (Wildman–Crippen MR) is 112 cm³/mol. The molecule has 1 heterocycles. The Morgan fingerprint density at radius 3 is 2.27 bits per heavy atom. The first-order valence-corrected chi connectivity index (χ1v) is 10.0. The molecule has 0 bridgehead atoms. The van der Waals surface area contributed by atoms with Gasteiger partial charge in [-0.25, -0.2) is 9.69 Å². The fraction of sp³-hybridized carbons (Fsp3) is 0.375. The summed E-state index contributed by atoms with van der Waals surface area (Å²) in [7, 11) is 0. The summed E-state index contributed by atoms with van der Waals surface area (Å²) in [5.74, 6) is -1.77. The lowest BCUT2D eigenvalue weighted by atomic mass is 9.93. The highest BCUT2D eigenvalue weighted by Gasteiger charge is 2.42. The van der Waals surface area contributed by atoms with Crippen molar-refractivity contribution in [1.29, 1.82) is 0 Å². The van der Waals surface area contributed by atoms with Crippen molar-refractivity contribution in [3.63, 3.8) is 0 Å². The number of ether oxygens (including phenoxy) is 2. The van der Waals surface area contributed by atoms with Crippen LogP contribution in [-0.2, 0) is 25.5 Å². The lowest BCUT2D eigenvalue weighted by molar-refractivity contribution is -0.157. The van der Waals surface area contributed by atoms with Crippen molar-refractivity contribution in [2.75, 3.05) is 6.61 Å². The van der Waals surface area contributed by atoms with Crippen LogP contribution < -0.4 is 0 Å². The van der Waals surface area contributed by atoms with Crippen LogP contribution in [0.1, 0.15) is 44.2 Å². The van der Waals surface area contributed by atoms with Crippen molar-refractivity contribution in [1.82, 2.24) is 4.90 Å². The van der Waals surface area contributed by atoms with E-state index < -0.39 is 35.5 Å². The van der Waals surface area contributed by atoms with Gasteiger partial charge in [0, 0.05) is 0 Å². The molecule has 158 valence electrons. The number of imide groups is 1. The molecule has 0 radical (unpaired) electrons. The monoisotopic (exact) mass is 409 g/mol. The summed E-state index contributed by atoms with van der Waals surface area (Å²) in [6.45, 7) is 5.46. The molecule has 2 aromatic rings. The van der Waals surface area contributed by atoms with Gasteiger partial charge in [0.15, 0.2) is 0 Å². The van der Waals surface area contributed by atoms with Crippen LogP contribution in [0.5, 0.6) is 0 Å². The van der Waals surface area contributed by atoms with Gasteiger partial charge in [-0.2, -0.15) is 0 Å². The predicted octanol–water partition coefficient (Wildman–Crippen LogP) is 4.09. The number of esters is 1. The molecule has 6 heteroatoms. The van der Waals surface area contributed by atoms with E-state index in [0.29, 0.717) is 12.0 Å². The quantitative estimate of drug-likeness (QED) is 0.672. The summed E-state index contributed by atoms with van der Waals surface area (Å²) in [4.78, 5) is 39.6. The minimum atomic E-state index is -0.829. The third kappa shape index (κ3) is 5.47. The highest BCUT2D eigenvalue weighted by atomic mass is 16.6. The Hall–Kier alpha value is -3.15. The largest absolute Gasteiger partial charge is 0.460 e. The Morgan fingerprint density at radius 1 is 1.07 bits per heavy atom. The van der Waals surface area contributed by atoms with Gasteiger partial charge in [-0.05, 0) is 38.3 Å². The number of benzene rings is 2. The fourth-order valence-electron chi connectivity index (χ4n) is 3.52. The zero-order chi connectivity index (χ0) is 21.7. The van der Waals surface area contributed by atoms with E-state index in [1.54, 1.807) is 45.0 Å². The third-order valence-electron chi connectivity index (χ3n) is 4.80. The molecule has 1 unspecified atom stereocenters. The average Bonchev–Trinajstić information content (AvgIpc) is 3.06. The number of rotatable bonds is 6. The van der Waals surface area contributed by atoms with E-state index in [1.807, 2.05) is 36.4 Å². The maximum atomic E-state index is 13.5. The molecule has 30 heavy (non-hydrogen) atoms. The molecular formula is C24H27NO5. The summed E-state index contributed by atoms with van der Waals surface area (Å²) in [6.07, 6.45) is -0.333. The molecular weight excluding hydrogens is 382 g/mol. The number of carbonyl (C=O) groups is 3. The van der Waals surface area contributed by atoms with Crippen LogP contribution in [0.4, 0.5) is 4.79 Å². The number of nitrogens with zero attached hydrogens (tertiary/aromatic N) is 1.